The first-order chi connectivity index (χ1) is 8.99. The predicted octanol–water partition coefficient (Wildman–Crippen LogP) is 3.82. The van der Waals surface area contributed by atoms with Gasteiger partial charge in [0.15, 0.2) is 0 Å². The number of anilines is 1. The molecule has 19 heavy (non-hydrogen) atoms. The molecule has 0 saturated heterocycles. The fourth-order valence-electron chi connectivity index (χ4n) is 1.36. The summed E-state index contributed by atoms with van der Waals surface area (Å²) >= 11 is 17.8. The second kappa shape index (κ2) is 5.79. The Morgan fingerprint density at radius 1 is 1.05 bits per heavy atom. The van der Waals surface area contributed by atoms with Crippen molar-refractivity contribution in [3.8, 4) is 11.6 Å². The number of nitrogens with two attached hydrogens (primary N) is 1. The van der Waals surface area contributed by atoms with E-state index in [1.807, 2.05) is 0 Å². The lowest BCUT2D eigenvalue weighted by atomic mass is 10.3. The molecular weight excluding hydrogens is 311 g/mol. The summed E-state index contributed by atoms with van der Waals surface area (Å²) < 4.78 is 5.55. The van der Waals surface area contributed by atoms with E-state index in [0.717, 1.165) is 0 Å². The first-order valence-electron chi connectivity index (χ1n) is 5.14. The Bertz CT molecular complexity index is 621. The van der Waals surface area contributed by atoms with Crippen molar-refractivity contribution in [1.29, 1.82) is 0 Å². The fourth-order valence-corrected chi connectivity index (χ4v) is 1.94. The van der Waals surface area contributed by atoms with Crippen LogP contribution in [0.5, 0.6) is 11.6 Å². The number of hydrogen-bond acceptors (Lipinski definition) is 5. The zero-order chi connectivity index (χ0) is 14.0. The van der Waals surface area contributed by atoms with Crippen LogP contribution < -0.4 is 16.0 Å². The lowest BCUT2D eigenvalue weighted by Gasteiger charge is -2.09. The standard InChI is InChI=1S/C11H9Cl3N4O/c1-5-16-10(18-15)4-11(17-5)19-9-3-7(13)6(12)2-8(9)14/h2-4H,15H2,1H3,(H,16,17,18). The normalized spacial score (nSPS) is 10.4. The minimum Gasteiger partial charge on any atom is -0.437 e. The highest BCUT2D eigenvalue weighted by Gasteiger charge is 2.10. The number of ether oxygens (including phenoxy) is 1. The zero-order valence-electron chi connectivity index (χ0n) is 9.75. The molecule has 0 aliphatic heterocycles. The van der Waals surface area contributed by atoms with Crippen molar-refractivity contribution in [3.05, 3.63) is 39.1 Å². The average Bonchev–Trinajstić information content (AvgIpc) is 2.35. The van der Waals surface area contributed by atoms with E-state index in [2.05, 4.69) is 15.4 Å². The van der Waals surface area contributed by atoms with Crippen LogP contribution in [-0.4, -0.2) is 9.97 Å². The largest absolute Gasteiger partial charge is 0.437 e. The van der Waals surface area contributed by atoms with Crippen LogP contribution in [0, 0.1) is 6.92 Å². The van der Waals surface area contributed by atoms with Gasteiger partial charge in [0.2, 0.25) is 5.88 Å². The molecule has 100 valence electrons. The van der Waals surface area contributed by atoms with Crippen LogP contribution in [-0.2, 0) is 0 Å². The molecule has 0 fully saturated rings. The summed E-state index contributed by atoms with van der Waals surface area (Å²) in [7, 11) is 0. The second-order valence-corrected chi connectivity index (χ2v) is 4.80. The van der Waals surface area contributed by atoms with Gasteiger partial charge >= 0.3 is 0 Å². The summed E-state index contributed by atoms with van der Waals surface area (Å²) in [5.74, 6) is 6.86. The number of nitrogen functional groups attached to an aromatic ring is 1. The number of hydrogen-bond donors (Lipinski definition) is 2. The van der Waals surface area contributed by atoms with Crippen LogP contribution in [0.15, 0.2) is 18.2 Å². The molecule has 0 atom stereocenters. The van der Waals surface area contributed by atoms with Crippen molar-refractivity contribution in [2.75, 3.05) is 5.43 Å². The van der Waals surface area contributed by atoms with Gasteiger partial charge in [0.05, 0.1) is 15.1 Å². The molecule has 0 radical (unpaired) electrons. The molecule has 1 aromatic carbocycles. The molecule has 0 amide bonds. The van der Waals surface area contributed by atoms with E-state index in [1.165, 1.54) is 18.2 Å². The molecular formula is C11H9Cl3N4O. The van der Waals surface area contributed by atoms with Gasteiger partial charge in [-0.3, -0.25) is 0 Å². The van der Waals surface area contributed by atoms with E-state index >= 15 is 0 Å². The summed E-state index contributed by atoms with van der Waals surface area (Å²) in [5, 5.41) is 1.01. The Balaban J connectivity index is 2.36. The number of benzene rings is 1. The van der Waals surface area contributed by atoms with E-state index < -0.39 is 0 Å². The van der Waals surface area contributed by atoms with Gasteiger partial charge in [-0.2, -0.15) is 4.98 Å². The maximum absolute atomic E-state index is 6.01. The lowest BCUT2D eigenvalue weighted by Crippen LogP contribution is -2.09. The molecule has 0 unspecified atom stereocenters. The van der Waals surface area contributed by atoms with Crippen LogP contribution in [0.3, 0.4) is 0 Å². The Kier molecular flexibility index (Phi) is 4.31. The molecule has 8 heteroatoms. The lowest BCUT2D eigenvalue weighted by molar-refractivity contribution is 0.460. The van der Waals surface area contributed by atoms with Crippen LogP contribution in [0.25, 0.3) is 0 Å². The monoisotopic (exact) mass is 318 g/mol. The molecule has 0 saturated carbocycles. The maximum atomic E-state index is 6.01. The van der Waals surface area contributed by atoms with Gasteiger partial charge < -0.3 is 10.2 Å². The maximum Gasteiger partial charge on any atom is 0.224 e. The van der Waals surface area contributed by atoms with E-state index in [1.54, 1.807) is 6.92 Å². The smallest absolute Gasteiger partial charge is 0.224 e. The summed E-state index contributed by atoms with van der Waals surface area (Å²) in [6, 6.07) is 4.54. The fraction of sp³-hybridized carbons (Fsp3) is 0.0909. The van der Waals surface area contributed by atoms with E-state index in [9.17, 15) is 0 Å². The number of halogens is 3. The van der Waals surface area contributed by atoms with Crippen molar-refractivity contribution >= 4 is 40.6 Å². The number of aromatic nitrogens is 2. The van der Waals surface area contributed by atoms with Crippen molar-refractivity contribution in [3.63, 3.8) is 0 Å². The van der Waals surface area contributed by atoms with E-state index in [0.29, 0.717) is 38.3 Å². The second-order valence-electron chi connectivity index (χ2n) is 3.58. The Labute approximate surface area is 124 Å². The number of hydrazine groups is 1. The predicted molar refractivity (Wildman–Crippen MR) is 76.1 cm³/mol. The quantitative estimate of drug-likeness (QED) is 0.511. The van der Waals surface area contributed by atoms with Crippen molar-refractivity contribution in [2.45, 2.75) is 6.92 Å². The summed E-state index contributed by atoms with van der Waals surface area (Å²) in [5.41, 5.74) is 2.42. The SMILES string of the molecule is Cc1nc(NN)cc(Oc2cc(Cl)c(Cl)cc2Cl)n1. The molecule has 5 nitrogen and oxygen atoms in total. The van der Waals surface area contributed by atoms with Crippen molar-refractivity contribution in [1.82, 2.24) is 9.97 Å². The summed E-state index contributed by atoms with van der Waals surface area (Å²) in [6.45, 7) is 1.71. The third kappa shape index (κ3) is 3.39. The highest BCUT2D eigenvalue weighted by molar-refractivity contribution is 6.43. The van der Waals surface area contributed by atoms with Crippen LogP contribution in [0.2, 0.25) is 15.1 Å². The molecule has 2 aromatic rings. The highest BCUT2D eigenvalue weighted by atomic mass is 35.5. The molecule has 3 N–H and O–H groups in total. The van der Waals surface area contributed by atoms with Gasteiger partial charge in [-0.15, -0.1) is 0 Å². The van der Waals surface area contributed by atoms with Crippen LogP contribution in [0.1, 0.15) is 5.82 Å². The average molecular weight is 320 g/mol. The highest BCUT2D eigenvalue weighted by Crippen LogP contribution is 2.36. The van der Waals surface area contributed by atoms with Gasteiger partial charge in [0, 0.05) is 12.1 Å². The van der Waals surface area contributed by atoms with Gasteiger partial charge in [0.1, 0.15) is 17.4 Å². The van der Waals surface area contributed by atoms with Crippen LogP contribution >= 0.6 is 34.8 Å². The minimum absolute atomic E-state index is 0.292. The molecule has 2 rings (SSSR count). The van der Waals surface area contributed by atoms with Gasteiger partial charge in [-0.1, -0.05) is 34.8 Å². The summed E-state index contributed by atoms with van der Waals surface area (Å²) in [4.78, 5) is 8.15. The van der Waals surface area contributed by atoms with Gasteiger partial charge in [-0.05, 0) is 13.0 Å². The zero-order valence-corrected chi connectivity index (χ0v) is 12.0. The Morgan fingerprint density at radius 3 is 2.42 bits per heavy atom. The number of nitrogens with one attached hydrogen (secondary N) is 1. The first kappa shape index (κ1) is 14.1. The minimum atomic E-state index is 0.292. The summed E-state index contributed by atoms with van der Waals surface area (Å²) in [6.07, 6.45) is 0. The van der Waals surface area contributed by atoms with Crippen molar-refractivity contribution in [2.24, 2.45) is 5.84 Å². The third-order valence-corrected chi connectivity index (χ3v) is 3.17. The van der Waals surface area contributed by atoms with Gasteiger partial charge in [0.25, 0.3) is 0 Å². The van der Waals surface area contributed by atoms with Crippen LogP contribution in [0.4, 0.5) is 5.82 Å². The molecule has 0 aliphatic rings. The Hall–Kier alpha value is -1.27. The van der Waals surface area contributed by atoms with E-state index in [-0.39, 0.29) is 0 Å². The van der Waals surface area contributed by atoms with E-state index in [4.69, 9.17) is 45.4 Å². The number of rotatable bonds is 3. The Morgan fingerprint density at radius 2 is 1.74 bits per heavy atom. The third-order valence-electron chi connectivity index (χ3n) is 2.15. The molecule has 0 bridgehead atoms. The first-order valence-corrected chi connectivity index (χ1v) is 6.27. The molecule has 0 aliphatic carbocycles. The molecule has 1 aromatic heterocycles. The molecule has 0 spiro atoms. The number of aryl methyl sites for hydroxylation is 1. The topological polar surface area (TPSA) is 73.1 Å². The van der Waals surface area contributed by atoms with Gasteiger partial charge in [-0.25, -0.2) is 10.8 Å². The van der Waals surface area contributed by atoms with Crippen molar-refractivity contribution < 1.29 is 4.74 Å². The molecule has 1 heterocycles. The number of nitrogens with zero attached hydrogens (tertiary/aromatic N) is 2.